The topological polar surface area (TPSA) is 81.4 Å². The van der Waals surface area contributed by atoms with Crippen LogP contribution in [0.1, 0.15) is 18.1 Å². The SMILES string of the molecule is CCOCC(=O)N[C@H](Cc1ccccc1C)C(N)=O. The van der Waals surface area contributed by atoms with Crippen LogP contribution >= 0.6 is 0 Å². The Morgan fingerprint density at radius 2 is 2.05 bits per heavy atom. The third-order valence-corrected chi connectivity index (χ3v) is 2.80. The van der Waals surface area contributed by atoms with Gasteiger partial charge in [0.1, 0.15) is 12.6 Å². The molecule has 0 aliphatic heterocycles. The van der Waals surface area contributed by atoms with Crippen LogP contribution in [0.4, 0.5) is 0 Å². The molecule has 3 N–H and O–H groups in total. The molecule has 0 aromatic heterocycles. The molecule has 0 bridgehead atoms. The number of hydrogen-bond donors (Lipinski definition) is 2. The summed E-state index contributed by atoms with van der Waals surface area (Å²) in [5, 5.41) is 2.59. The molecule has 0 heterocycles. The first kappa shape index (κ1) is 15.2. The van der Waals surface area contributed by atoms with Gasteiger partial charge in [-0.2, -0.15) is 0 Å². The lowest BCUT2D eigenvalue weighted by Gasteiger charge is -2.16. The quantitative estimate of drug-likeness (QED) is 0.754. The van der Waals surface area contributed by atoms with Gasteiger partial charge >= 0.3 is 0 Å². The minimum atomic E-state index is -0.714. The average Bonchev–Trinajstić information content (AvgIpc) is 2.38. The molecule has 2 amide bonds. The normalized spacial score (nSPS) is 11.9. The number of carbonyl (C=O) groups is 2. The van der Waals surface area contributed by atoms with Gasteiger partial charge in [0.2, 0.25) is 11.8 Å². The van der Waals surface area contributed by atoms with Gasteiger partial charge < -0.3 is 15.8 Å². The van der Waals surface area contributed by atoms with Crippen LogP contribution in [0.3, 0.4) is 0 Å². The fraction of sp³-hybridized carbons (Fsp3) is 0.429. The fourth-order valence-electron chi connectivity index (χ4n) is 1.71. The predicted octanol–water partition coefficient (Wildman–Crippen LogP) is 0.544. The molecule has 0 saturated carbocycles. The first-order valence-electron chi connectivity index (χ1n) is 6.25. The van der Waals surface area contributed by atoms with Crippen LogP contribution in [0.15, 0.2) is 24.3 Å². The Hall–Kier alpha value is -1.88. The highest BCUT2D eigenvalue weighted by molar-refractivity contribution is 5.87. The van der Waals surface area contributed by atoms with Gasteiger partial charge in [-0.1, -0.05) is 24.3 Å². The third-order valence-electron chi connectivity index (χ3n) is 2.80. The number of rotatable bonds is 7. The Morgan fingerprint density at radius 1 is 1.37 bits per heavy atom. The van der Waals surface area contributed by atoms with E-state index in [-0.39, 0.29) is 12.5 Å². The Bertz CT molecular complexity index is 446. The number of primary amides is 1. The zero-order chi connectivity index (χ0) is 14.3. The molecular weight excluding hydrogens is 244 g/mol. The van der Waals surface area contributed by atoms with E-state index in [0.29, 0.717) is 13.0 Å². The predicted molar refractivity (Wildman–Crippen MR) is 72.5 cm³/mol. The minimum Gasteiger partial charge on any atom is -0.372 e. The Balaban J connectivity index is 2.66. The molecule has 0 radical (unpaired) electrons. The van der Waals surface area contributed by atoms with Gasteiger partial charge in [0.25, 0.3) is 0 Å². The molecule has 0 aliphatic rings. The lowest BCUT2D eigenvalue weighted by atomic mass is 10.0. The number of amides is 2. The Labute approximate surface area is 113 Å². The summed E-state index contributed by atoms with van der Waals surface area (Å²) in [4.78, 5) is 22.9. The second-order valence-electron chi connectivity index (χ2n) is 4.29. The molecule has 1 atom stereocenters. The van der Waals surface area contributed by atoms with E-state index in [1.54, 1.807) is 6.92 Å². The standard InChI is InChI=1S/C14H20N2O3/c1-3-19-9-13(17)16-12(14(15)18)8-11-7-5-4-6-10(11)2/h4-7,12H,3,8-9H2,1-2H3,(H2,15,18)(H,16,17)/t12-/m1/s1. The zero-order valence-electron chi connectivity index (χ0n) is 11.3. The van der Waals surface area contributed by atoms with Crippen LogP contribution in [0.2, 0.25) is 0 Å². The van der Waals surface area contributed by atoms with Crippen molar-refractivity contribution in [2.24, 2.45) is 5.73 Å². The first-order valence-corrected chi connectivity index (χ1v) is 6.25. The van der Waals surface area contributed by atoms with Crippen molar-refractivity contribution in [2.75, 3.05) is 13.2 Å². The molecule has 0 spiro atoms. The number of ether oxygens (including phenoxy) is 1. The van der Waals surface area contributed by atoms with Gasteiger partial charge in [-0.25, -0.2) is 0 Å². The van der Waals surface area contributed by atoms with Crippen molar-refractivity contribution in [1.29, 1.82) is 0 Å². The lowest BCUT2D eigenvalue weighted by Crippen LogP contribution is -2.47. The maximum absolute atomic E-state index is 11.5. The number of aryl methyl sites for hydroxylation is 1. The molecule has 1 aromatic rings. The van der Waals surface area contributed by atoms with Crippen molar-refractivity contribution >= 4 is 11.8 Å². The zero-order valence-corrected chi connectivity index (χ0v) is 11.3. The van der Waals surface area contributed by atoms with Gasteiger partial charge in [0.05, 0.1) is 0 Å². The summed E-state index contributed by atoms with van der Waals surface area (Å²) in [6, 6.07) is 6.97. The second kappa shape index (κ2) is 7.53. The number of benzene rings is 1. The fourth-order valence-corrected chi connectivity index (χ4v) is 1.71. The molecule has 5 heteroatoms. The van der Waals surface area contributed by atoms with E-state index in [4.69, 9.17) is 10.5 Å². The summed E-state index contributed by atoms with van der Waals surface area (Å²) < 4.78 is 4.99. The number of hydrogen-bond acceptors (Lipinski definition) is 3. The van der Waals surface area contributed by atoms with Crippen LogP contribution in [0.25, 0.3) is 0 Å². The van der Waals surface area contributed by atoms with Crippen molar-refractivity contribution in [3.63, 3.8) is 0 Å². The lowest BCUT2D eigenvalue weighted by molar-refractivity contribution is -0.130. The van der Waals surface area contributed by atoms with Crippen LogP contribution in [0, 0.1) is 6.92 Å². The molecule has 0 unspecified atom stereocenters. The van der Waals surface area contributed by atoms with E-state index in [0.717, 1.165) is 11.1 Å². The van der Waals surface area contributed by atoms with E-state index in [1.807, 2.05) is 31.2 Å². The van der Waals surface area contributed by atoms with Gasteiger partial charge in [0.15, 0.2) is 0 Å². The van der Waals surface area contributed by atoms with Crippen molar-refractivity contribution < 1.29 is 14.3 Å². The molecule has 1 aromatic carbocycles. The Morgan fingerprint density at radius 3 is 2.63 bits per heavy atom. The molecule has 19 heavy (non-hydrogen) atoms. The van der Waals surface area contributed by atoms with Crippen molar-refractivity contribution in [3.05, 3.63) is 35.4 Å². The van der Waals surface area contributed by atoms with Crippen LogP contribution in [0.5, 0.6) is 0 Å². The van der Waals surface area contributed by atoms with Crippen LogP contribution < -0.4 is 11.1 Å². The number of nitrogens with two attached hydrogens (primary N) is 1. The highest BCUT2D eigenvalue weighted by Gasteiger charge is 2.19. The summed E-state index contributed by atoms with van der Waals surface area (Å²) >= 11 is 0. The van der Waals surface area contributed by atoms with Crippen molar-refractivity contribution in [2.45, 2.75) is 26.3 Å². The van der Waals surface area contributed by atoms with E-state index < -0.39 is 11.9 Å². The first-order chi connectivity index (χ1) is 9.04. The number of carbonyl (C=O) groups excluding carboxylic acids is 2. The summed E-state index contributed by atoms with van der Waals surface area (Å²) in [6.07, 6.45) is 0.389. The van der Waals surface area contributed by atoms with Gasteiger partial charge in [-0.05, 0) is 25.0 Å². The second-order valence-corrected chi connectivity index (χ2v) is 4.29. The minimum absolute atomic E-state index is 0.0615. The molecule has 5 nitrogen and oxygen atoms in total. The molecular formula is C14H20N2O3. The third kappa shape index (κ3) is 5.09. The summed E-state index contributed by atoms with van der Waals surface area (Å²) in [7, 11) is 0. The smallest absolute Gasteiger partial charge is 0.246 e. The van der Waals surface area contributed by atoms with Crippen LogP contribution in [-0.4, -0.2) is 31.1 Å². The van der Waals surface area contributed by atoms with E-state index in [2.05, 4.69) is 5.32 Å². The molecule has 0 saturated heterocycles. The Kier molecular flexibility index (Phi) is 6.02. The molecule has 0 aliphatic carbocycles. The summed E-state index contributed by atoms with van der Waals surface area (Å²) in [5.41, 5.74) is 7.37. The van der Waals surface area contributed by atoms with Gasteiger partial charge in [-0.15, -0.1) is 0 Å². The van der Waals surface area contributed by atoms with Gasteiger partial charge in [0, 0.05) is 13.0 Å². The molecule has 1 rings (SSSR count). The van der Waals surface area contributed by atoms with E-state index in [1.165, 1.54) is 0 Å². The van der Waals surface area contributed by atoms with E-state index in [9.17, 15) is 9.59 Å². The molecule has 0 fully saturated rings. The largest absolute Gasteiger partial charge is 0.372 e. The summed E-state index contributed by atoms with van der Waals surface area (Å²) in [5.74, 6) is -0.882. The maximum atomic E-state index is 11.5. The monoisotopic (exact) mass is 264 g/mol. The van der Waals surface area contributed by atoms with Gasteiger partial charge in [-0.3, -0.25) is 9.59 Å². The highest BCUT2D eigenvalue weighted by atomic mass is 16.5. The summed E-state index contributed by atoms with van der Waals surface area (Å²) in [6.45, 7) is 4.14. The maximum Gasteiger partial charge on any atom is 0.246 e. The molecule has 104 valence electrons. The highest BCUT2D eigenvalue weighted by Crippen LogP contribution is 2.09. The number of nitrogens with one attached hydrogen (secondary N) is 1. The average molecular weight is 264 g/mol. The van der Waals surface area contributed by atoms with E-state index >= 15 is 0 Å². The van der Waals surface area contributed by atoms with Crippen molar-refractivity contribution in [3.8, 4) is 0 Å². The van der Waals surface area contributed by atoms with Crippen LogP contribution in [-0.2, 0) is 20.7 Å². The van der Waals surface area contributed by atoms with Crippen molar-refractivity contribution in [1.82, 2.24) is 5.32 Å².